The molecule has 1 aliphatic rings. The molecule has 1 aliphatic heterocycles. The van der Waals surface area contributed by atoms with Gasteiger partial charge in [-0.25, -0.2) is 0 Å². The first-order valence-electron chi connectivity index (χ1n) is 5.23. The fourth-order valence-electron chi connectivity index (χ4n) is 1.62. The van der Waals surface area contributed by atoms with E-state index in [2.05, 4.69) is 15.5 Å². The van der Waals surface area contributed by atoms with E-state index in [9.17, 15) is 4.79 Å². The Morgan fingerprint density at radius 1 is 1.62 bits per heavy atom. The Labute approximate surface area is 98.3 Å². The van der Waals surface area contributed by atoms with E-state index in [-0.39, 0.29) is 5.91 Å². The lowest BCUT2D eigenvalue weighted by atomic mass is 10.3. The molecule has 1 aromatic heterocycles. The molecule has 0 atom stereocenters. The molecule has 1 amide bonds. The highest BCUT2D eigenvalue weighted by Crippen LogP contribution is 2.13. The lowest BCUT2D eigenvalue weighted by Gasteiger charge is -2.29. The van der Waals surface area contributed by atoms with Crippen molar-refractivity contribution in [1.82, 2.24) is 20.4 Å². The molecule has 1 saturated heterocycles. The van der Waals surface area contributed by atoms with Gasteiger partial charge in [0.15, 0.2) is 0 Å². The zero-order valence-corrected chi connectivity index (χ0v) is 10.0. The van der Waals surface area contributed by atoms with Gasteiger partial charge in [0.2, 0.25) is 11.0 Å². The van der Waals surface area contributed by atoms with Gasteiger partial charge in [0.25, 0.3) is 0 Å². The Hall–Kier alpha value is -1.21. The molecule has 0 radical (unpaired) electrons. The lowest BCUT2D eigenvalue weighted by Crippen LogP contribution is -2.49. The van der Waals surface area contributed by atoms with Crippen molar-refractivity contribution in [3.05, 3.63) is 5.51 Å². The van der Waals surface area contributed by atoms with Gasteiger partial charge in [-0.1, -0.05) is 11.3 Å². The van der Waals surface area contributed by atoms with Crippen LogP contribution in [0.3, 0.4) is 0 Å². The van der Waals surface area contributed by atoms with Crippen LogP contribution in [0.5, 0.6) is 0 Å². The zero-order chi connectivity index (χ0) is 11.4. The molecule has 0 aromatic carbocycles. The third kappa shape index (κ3) is 2.67. The summed E-state index contributed by atoms with van der Waals surface area (Å²) < 4.78 is 0. The summed E-state index contributed by atoms with van der Waals surface area (Å²) in [4.78, 5) is 15.6. The molecule has 1 fully saturated rings. The molecule has 16 heavy (non-hydrogen) atoms. The van der Waals surface area contributed by atoms with E-state index in [1.54, 1.807) is 5.51 Å². The second-order valence-electron chi connectivity index (χ2n) is 3.71. The number of anilines is 1. The molecule has 1 N–H and O–H groups in total. The Bertz CT molecular complexity index is 336. The number of nitrogens with one attached hydrogen (secondary N) is 1. The molecular weight excluding hydrogens is 226 g/mol. The van der Waals surface area contributed by atoms with Crippen molar-refractivity contribution in [2.24, 2.45) is 0 Å². The van der Waals surface area contributed by atoms with Gasteiger partial charge in [0, 0.05) is 33.2 Å². The van der Waals surface area contributed by atoms with Crippen molar-refractivity contribution in [3.63, 3.8) is 0 Å². The highest BCUT2D eigenvalue weighted by Gasteiger charge is 2.18. The number of aromatic nitrogens is 2. The van der Waals surface area contributed by atoms with E-state index in [0.29, 0.717) is 6.54 Å². The minimum Gasteiger partial charge on any atom is -0.340 e. The number of hydrogen-bond acceptors (Lipinski definition) is 6. The van der Waals surface area contributed by atoms with Gasteiger partial charge in [0.05, 0.1) is 6.54 Å². The molecule has 1 aromatic rings. The third-order valence-electron chi connectivity index (χ3n) is 2.52. The topological polar surface area (TPSA) is 61.4 Å². The van der Waals surface area contributed by atoms with E-state index in [0.717, 1.165) is 31.3 Å². The summed E-state index contributed by atoms with van der Waals surface area (Å²) in [7, 11) is 1.86. The Morgan fingerprint density at radius 3 is 3.00 bits per heavy atom. The van der Waals surface area contributed by atoms with E-state index in [4.69, 9.17) is 0 Å². The molecule has 2 rings (SSSR count). The van der Waals surface area contributed by atoms with Crippen LogP contribution in [0.4, 0.5) is 5.13 Å². The molecule has 2 heterocycles. The Kier molecular flexibility index (Phi) is 3.68. The van der Waals surface area contributed by atoms with Gasteiger partial charge in [-0.15, -0.1) is 10.2 Å². The van der Waals surface area contributed by atoms with Crippen LogP contribution >= 0.6 is 11.3 Å². The smallest absolute Gasteiger partial charge is 0.242 e. The number of carbonyl (C=O) groups excluding carboxylic acids is 1. The van der Waals surface area contributed by atoms with Gasteiger partial charge in [0.1, 0.15) is 5.51 Å². The molecule has 6 nitrogen and oxygen atoms in total. The first kappa shape index (κ1) is 11.3. The minimum absolute atomic E-state index is 0.152. The van der Waals surface area contributed by atoms with Gasteiger partial charge >= 0.3 is 0 Å². The van der Waals surface area contributed by atoms with Crippen LogP contribution in [-0.4, -0.2) is 60.8 Å². The molecular formula is C9H15N5OS. The number of nitrogens with zero attached hydrogens (tertiary/aromatic N) is 4. The Balaban J connectivity index is 1.86. The minimum atomic E-state index is 0.152. The molecule has 0 saturated carbocycles. The van der Waals surface area contributed by atoms with Gasteiger partial charge in [-0.3, -0.25) is 4.79 Å². The number of hydrogen-bond donors (Lipinski definition) is 1. The van der Waals surface area contributed by atoms with Crippen molar-refractivity contribution in [2.75, 3.05) is 44.7 Å². The summed E-state index contributed by atoms with van der Waals surface area (Å²) >= 11 is 1.44. The average molecular weight is 241 g/mol. The quantitative estimate of drug-likeness (QED) is 0.766. The normalized spacial score (nSPS) is 16.2. The standard InChI is InChI=1S/C9H15N5OS/c1-13(9-12-11-7-16-9)6-8(15)14-4-2-10-3-5-14/h7,10H,2-6H2,1H3. The SMILES string of the molecule is CN(CC(=O)N1CCNCC1)c1nncs1. The first-order valence-corrected chi connectivity index (χ1v) is 6.11. The third-order valence-corrected chi connectivity index (χ3v) is 3.32. The molecule has 0 bridgehead atoms. The van der Waals surface area contributed by atoms with Gasteiger partial charge < -0.3 is 15.1 Å². The summed E-state index contributed by atoms with van der Waals surface area (Å²) in [6.45, 7) is 3.73. The largest absolute Gasteiger partial charge is 0.340 e. The number of piperazine rings is 1. The number of amides is 1. The molecule has 0 aliphatic carbocycles. The average Bonchev–Trinajstić information content (AvgIpc) is 2.83. The van der Waals surface area contributed by atoms with Crippen LogP contribution in [0.2, 0.25) is 0 Å². The zero-order valence-electron chi connectivity index (χ0n) is 9.22. The molecule has 0 unspecified atom stereocenters. The fourth-order valence-corrected chi connectivity index (χ4v) is 2.15. The van der Waals surface area contributed by atoms with Crippen LogP contribution in [0, 0.1) is 0 Å². The summed E-state index contributed by atoms with van der Waals surface area (Å²) in [5, 5.41) is 11.7. The van der Waals surface area contributed by atoms with E-state index in [1.807, 2.05) is 16.8 Å². The van der Waals surface area contributed by atoms with Crippen LogP contribution in [0.25, 0.3) is 0 Å². The van der Waals surface area contributed by atoms with Gasteiger partial charge in [-0.05, 0) is 0 Å². The summed E-state index contributed by atoms with van der Waals surface area (Å²) in [5.74, 6) is 0.152. The monoisotopic (exact) mass is 241 g/mol. The summed E-state index contributed by atoms with van der Waals surface area (Å²) in [6.07, 6.45) is 0. The maximum atomic E-state index is 11.9. The summed E-state index contributed by atoms with van der Waals surface area (Å²) in [6, 6.07) is 0. The maximum Gasteiger partial charge on any atom is 0.242 e. The van der Waals surface area contributed by atoms with Crippen LogP contribution in [0.1, 0.15) is 0 Å². The van der Waals surface area contributed by atoms with Crippen molar-refractivity contribution in [3.8, 4) is 0 Å². The molecule has 7 heteroatoms. The second kappa shape index (κ2) is 5.22. The predicted octanol–water partition coefficient (Wildman–Crippen LogP) is -0.594. The molecule has 88 valence electrons. The van der Waals surface area contributed by atoms with E-state index >= 15 is 0 Å². The lowest BCUT2D eigenvalue weighted by molar-refractivity contribution is -0.130. The van der Waals surface area contributed by atoms with Crippen LogP contribution in [-0.2, 0) is 4.79 Å². The van der Waals surface area contributed by atoms with Gasteiger partial charge in [-0.2, -0.15) is 0 Å². The maximum absolute atomic E-state index is 11.9. The summed E-state index contributed by atoms with van der Waals surface area (Å²) in [5.41, 5.74) is 1.67. The van der Waals surface area contributed by atoms with Crippen molar-refractivity contribution in [1.29, 1.82) is 0 Å². The van der Waals surface area contributed by atoms with Crippen LogP contribution in [0.15, 0.2) is 5.51 Å². The fraction of sp³-hybridized carbons (Fsp3) is 0.667. The highest BCUT2D eigenvalue weighted by atomic mass is 32.1. The van der Waals surface area contributed by atoms with Crippen molar-refractivity contribution in [2.45, 2.75) is 0 Å². The van der Waals surface area contributed by atoms with E-state index in [1.165, 1.54) is 11.3 Å². The first-order chi connectivity index (χ1) is 7.77. The number of rotatable bonds is 3. The van der Waals surface area contributed by atoms with Crippen LogP contribution < -0.4 is 10.2 Å². The van der Waals surface area contributed by atoms with E-state index < -0.39 is 0 Å². The Morgan fingerprint density at radius 2 is 2.38 bits per heavy atom. The second-order valence-corrected chi connectivity index (χ2v) is 4.52. The number of likely N-dealkylation sites (N-methyl/N-ethyl adjacent to an activating group) is 1. The predicted molar refractivity (Wildman–Crippen MR) is 62.6 cm³/mol. The molecule has 0 spiro atoms. The number of carbonyl (C=O) groups is 1. The highest BCUT2D eigenvalue weighted by molar-refractivity contribution is 7.13. The van der Waals surface area contributed by atoms with Crippen molar-refractivity contribution < 1.29 is 4.79 Å². The van der Waals surface area contributed by atoms with Crippen molar-refractivity contribution >= 4 is 22.4 Å².